The van der Waals surface area contributed by atoms with Gasteiger partial charge in [-0.15, -0.1) is 0 Å². The minimum absolute atomic E-state index is 0.0997. The Morgan fingerprint density at radius 3 is 2.47 bits per heavy atom. The maximum atomic E-state index is 12.7. The van der Waals surface area contributed by atoms with E-state index in [9.17, 15) is 14.9 Å². The van der Waals surface area contributed by atoms with E-state index < -0.39 is 4.92 Å². The van der Waals surface area contributed by atoms with Crippen LogP contribution in [0.15, 0.2) is 36.4 Å². The first-order chi connectivity index (χ1) is 14.5. The van der Waals surface area contributed by atoms with E-state index in [2.05, 4.69) is 0 Å². The molecule has 0 bridgehead atoms. The molecule has 0 radical (unpaired) electrons. The molecule has 1 aliphatic heterocycles. The van der Waals surface area contributed by atoms with Crippen LogP contribution >= 0.6 is 0 Å². The van der Waals surface area contributed by atoms with Gasteiger partial charge in [-0.2, -0.15) is 0 Å². The molecular weight excluding hydrogens is 388 g/mol. The molecule has 0 aromatic heterocycles. The van der Waals surface area contributed by atoms with Gasteiger partial charge >= 0.3 is 5.69 Å². The maximum Gasteiger partial charge on any atom is 0.310 e. The Balaban J connectivity index is 1.75. The molecule has 1 aliphatic rings. The van der Waals surface area contributed by atoms with Gasteiger partial charge in [0.1, 0.15) is 0 Å². The summed E-state index contributed by atoms with van der Waals surface area (Å²) in [5.74, 6) is 1.37. The van der Waals surface area contributed by atoms with Crippen LogP contribution in [0.4, 0.5) is 5.69 Å². The lowest BCUT2D eigenvalue weighted by Crippen LogP contribution is -2.34. The van der Waals surface area contributed by atoms with Crippen molar-refractivity contribution < 1.29 is 23.9 Å². The lowest BCUT2D eigenvalue weighted by molar-refractivity contribution is -0.385. The van der Waals surface area contributed by atoms with Crippen molar-refractivity contribution in [2.24, 2.45) is 0 Å². The smallest absolute Gasteiger partial charge is 0.310 e. The molecule has 1 amide bonds. The molecule has 0 saturated heterocycles. The first-order valence-electron chi connectivity index (χ1n) is 9.58. The summed E-state index contributed by atoms with van der Waals surface area (Å²) in [6, 6.07) is 8.40. The first-order valence-corrected chi connectivity index (χ1v) is 9.58. The first kappa shape index (κ1) is 21.2. The topological polar surface area (TPSA) is 91.1 Å². The Morgan fingerprint density at radius 2 is 1.83 bits per heavy atom. The van der Waals surface area contributed by atoms with Gasteiger partial charge in [0.15, 0.2) is 17.2 Å². The number of nitro groups is 1. The fourth-order valence-electron chi connectivity index (χ4n) is 3.40. The average Bonchev–Trinajstić information content (AvgIpc) is 2.76. The summed E-state index contributed by atoms with van der Waals surface area (Å²) in [5, 5.41) is 11.1. The Hall–Kier alpha value is -3.55. The number of carbonyl (C=O) groups is 1. The number of amides is 1. The Morgan fingerprint density at radius 1 is 1.13 bits per heavy atom. The lowest BCUT2D eigenvalue weighted by Gasteiger charge is -2.28. The van der Waals surface area contributed by atoms with E-state index in [0.29, 0.717) is 36.8 Å². The fraction of sp³-hybridized carbons (Fsp3) is 0.318. The van der Waals surface area contributed by atoms with Crippen LogP contribution in [0.3, 0.4) is 0 Å². The molecule has 1 heterocycles. The standard InChI is InChI=1S/C22H24N2O6/c1-4-30-19-11-15(5-7-18(19)24(26)27)6-8-22(25)23-10-9-16-12-20(28-2)21(29-3)13-17(16)14-23/h5-8,11-13H,4,9-10,14H2,1-3H3/b8-6+. The van der Waals surface area contributed by atoms with Crippen LogP contribution in [0.25, 0.3) is 6.08 Å². The zero-order valence-corrected chi connectivity index (χ0v) is 17.2. The van der Waals surface area contributed by atoms with E-state index in [1.165, 1.54) is 12.1 Å². The molecule has 0 atom stereocenters. The molecule has 2 aromatic rings. The van der Waals surface area contributed by atoms with E-state index in [4.69, 9.17) is 14.2 Å². The van der Waals surface area contributed by atoms with Gasteiger partial charge in [-0.3, -0.25) is 14.9 Å². The second kappa shape index (κ2) is 9.30. The zero-order chi connectivity index (χ0) is 21.7. The molecule has 2 aromatic carbocycles. The van der Waals surface area contributed by atoms with Crippen LogP contribution in [-0.4, -0.2) is 43.1 Å². The summed E-state index contributed by atoms with van der Waals surface area (Å²) in [6.07, 6.45) is 3.84. The molecule has 0 aliphatic carbocycles. The molecule has 8 heteroatoms. The molecule has 30 heavy (non-hydrogen) atoms. The highest BCUT2D eigenvalue weighted by molar-refractivity contribution is 5.92. The van der Waals surface area contributed by atoms with Crippen LogP contribution < -0.4 is 14.2 Å². The van der Waals surface area contributed by atoms with Crippen LogP contribution in [0.5, 0.6) is 17.2 Å². The number of nitrogens with zero attached hydrogens (tertiary/aromatic N) is 2. The number of rotatable bonds is 7. The Kier molecular flexibility index (Phi) is 6.56. The van der Waals surface area contributed by atoms with Crippen molar-refractivity contribution in [1.29, 1.82) is 0 Å². The van der Waals surface area contributed by atoms with Crippen molar-refractivity contribution in [2.75, 3.05) is 27.4 Å². The Labute approximate surface area is 174 Å². The Bertz CT molecular complexity index is 986. The van der Waals surface area contributed by atoms with Crippen molar-refractivity contribution in [3.63, 3.8) is 0 Å². The zero-order valence-electron chi connectivity index (χ0n) is 17.2. The summed E-state index contributed by atoms with van der Waals surface area (Å²) in [4.78, 5) is 25.0. The summed E-state index contributed by atoms with van der Waals surface area (Å²) >= 11 is 0. The monoisotopic (exact) mass is 412 g/mol. The second-order valence-electron chi connectivity index (χ2n) is 6.74. The third-order valence-corrected chi connectivity index (χ3v) is 4.93. The number of carbonyl (C=O) groups excluding carboxylic acids is 1. The van der Waals surface area contributed by atoms with Crippen LogP contribution in [0.1, 0.15) is 23.6 Å². The molecule has 3 rings (SSSR count). The maximum absolute atomic E-state index is 12.7. The molecule has 0 fully saturated rings. The van der Waals surface area contributed by atoms with E-state index in [1.54, 1.807) is 44.3 Å². The van der Waals surface area contributed by atoms with Crippen molar-refractivity contribution in [3.05, 3.63) is 63.2 Å². The molecule has 158 valence electrons. The minimum Gasteiger partial charge on any atom is -0.493 e. The quantitative estimate of drug-likeness (QED) is 0.392. The number of hydrogen-bond acceptors (Lipinski definition) is 6. The van der Waals surface area contributed by atoms with Crippen LogP contribution in [0.2, 0.25) is 0 Å². The number of fused-ring (bicyclic) bond motifs is 1. The average molecular weight is 412 g/mol. The fourth-order valence-corrected chi connectivity index (χ4v) is 3.40. The normalized spacial score (nSPS) is 13.1. The summed E-state index contributed by atoms with van der Waals surface area (Å²) < 4.78 is 16.1. The van der Waals surface area contributed by atoms with Gasteiger partial charge in [-0.25, -0.2) is 0 Å². The summed E-state index contributed by atoms with van der Waals surface area (Å²) in [5.41, 5.74) is 2.71. The van der Waals surface area contributed by atoms with Gasteiger partial charge in [0.2, 0.25) is 5.91 Å². The second-order valence-corrected chi connectivity index (χ2v) is 6.74. The highest BCUT2D eigenvalue weighted by atomic mass is 16.6. The molecule has 0 spiro atoms. The molecule has 0 N–H and O–H groups in total. The van der Waals surface area contributed by atoms with Gasteiger partial charge in [-0.05, 0) is 60.4 Å². The SMILES string of the molecule is CCOc1cc(/C=C/C(=O)N2CCc3cc(OC)c(OC)cc3C2)ccc1[N+](=O)[O-]. The number of ether oxygens (including phenoxy) is 3. The van der Waals surface area contributed by atoms with Gasteiger partial charge in [-0.1, -0.05) is 0 Å². The van der Waals surface area contributed by atoms with E-state index in [0.717, 1.165) is 17.5 Å². The van der Waals surface area contributed by atoms with E-state index >= 15 is 0 Å². The van der Waals surface area contributed by atoms with Crippen LogP contribution in [-0.2, 0) is 17.8 Å². The van der Waals surface area contributed by atoms with Gasteiger partial charge in [0.25, 0.3) is 0 Å². The number of nitro benzene ring substituents is 1. The van der Waals surface area contributed by atoms with Crippen molar-refractivity contribution in [1.82, 2.24) is 4.90 Å². The van der Waals surface area contributed by atoms with E-state index in [1.807, 2.05) is 12.1 Å². The van der Waals surface area contributed by atoms with Crippen molar-refractivity contribution in [3.8, 4) is 17.2 Å². The van der Waals surface area contributed by atoms with Gasteiger partial charge in [0.05, 0.1) is 25.7 Å². The minimum atomic E-state index is -0.488. The molecule has 8 nitrogen and oxygen atoms in total. The highest BCUT2D eigenvalue weighted by Gasteiger charge is 2.22. The van der Waals surface area contributed by atoms with Crippen LogP contribution in [0, 0.1) is 10.1 Å². The largest absolute Gasteiger partial charge is 0.493 e. The third-order valence-electron chi connectivity index (χ3n) is 4.93. The predicted molar refractivity (Wildman–Crippen MR) is 112 cm³/mol. The molecular formula is C22H24N2O6. The van der Waals surface area contributed by atoms with Crippen molar-refractivity contribution >= 4 is 17.7 Å². The van der Waals surface area contributed by atoms with Gasteiger partial charge in [0, 0.05) is 25.2 Å². The number of methoxy groups -OCH3 is 2. The van der Waals surface area contributed by atoms with E-state index in [-0.39, 0.29) is 17.3 Å². The van der Waals surface area contributed by atoms with Crippen molar-refractivity contribution in [2.45, 2.75) is 19.9 Å². The summed E-state index contributed by atoms with van der Waals surface area (Å²) in [7, 11) is 3.18. The molecule has 0 saturated carbocycles. The molecule has 0 unspecified atom stereocenters. The van der Waals surface area contributed by atoms with Gasteiger partial charge < -0.3 is 19.1 Å². The summed E-state index contributed by atoms with van der Waals surface area (Å²) in [6.45, 7) is 3.14. The highest BCUT2D eigenvalue weighted by Crippen LogP contribution is 2.33. The predicted octanol–water partition coefficient (Wildman–Crippen LogP) is 3.61. The number of hydrogen-bond donors (Lipinski definition) is 0. The number of benzene rings is 2. The lowest BCUT2D eigenvalue weighted by atomic mass is 9.98. The third kappa shape index (κ3) is 4.53.